The number of carbonyl (C=O) groups is 2. The van der Waals surface area contributed by atoms with Crippen LogP contribution in [0.3, 0.4) is 0 Å². The van der Waals surface area contributed by atoms with Crippen molar-refractivity contribution >= 4 is 18.1 Å². The van der Waals surface area contributed by atoms with Gasteiger partial charge in [-0.2, -0.15) is 0 Å². The first-order valence-corrected chi connectivity index (χ1v) is 6.56. The zero-order valence-corrected chi connectivity index (χ0v) is 12.9. The number of nitrogens with one attached hydrogen (secondary N) is 1. The number of benzene rings is 1. The first kappa shape index (κ1) is 18.0. The normalized spacial score (nSPS) is 10.2. The standard InChI is InChI=1S/C15H16N2O6/c1-15(2,3)23-14(20)16-6-4-5-10-7-11(9-18)13(19)12(8-10)17(21)22/h7-9,19H,6H2,1-3H3,(H,16,20). The Bertz CT molecular complexity index is 694. The Balaban J connectivity index is 2.83. The third-order valence-electron chi connectivity index (χ3n) is 2.40. The molecule has 0 spiro atoms. The molecule has 0 fully saturated rings. The molecule has 0 aliphatic heterocycles. The number of rotatable bonds is 3. The highest BCUT2D eigenvalue weighted by Crippen LogP contribution is 2.29. The molecule has 0 radical (unpaired) electrons. The second-order valence-corrected chi connectivity index (χ2v) is 5.47. The van der Waals surface area contributed by atoms with Gasteiger partial charge in [0.1, 0.15) is 5.60 Å². The highest BCUT2D eigenvalue weighted by Gasteiger charge is 2.18. The van der Waals surface area contributed by atoms with E-state index in [9.17, 15) is 24.8 Å². The number of nitro groups is 1. The first-order chi connectivity index (χ1) is 10.6. The number of phenols is 1. The molecule has 1 aromatic carbocycles. The minimum atomic E-state index is -0.813. The average molecular weight is 320 g/mol. The number of ether oxygens (including phenoxy) is 1. The number of nitrogens with zero attached hydrogens (tertiary/aromatic N) is 1. The number of alkyl carbamates (subject to hydrolysis) is 1. The third-order valence-corrected chi connectivity index (χ3v) is 2.40. The Morgan fingerprint density at radius 1 is 1.48 bits per heavy atom. The summed E-state index contributed by atoms with van der Waals surface area (Å²) in [6.45, 7) is 5.11. The minimum Gasteiger partial charge on any atom is -0.502 e. The van der Waals surface area contributed by atoms with Gasteiger partial charge in [0, 0.05) is 11.6 Å². The van der Waals surface area contributed by atoms with Crippen LogP contribution in [0, 0.1) is 22.0 Å². The van der Waals surface area contributed by atoms with Gasteiger partial charge in [-0.1, -0.05) is 11.8 Å². The van der Waals surface area contributed by atoms with Crippen molar-refractivity contribution in [2.24, 2.45) is 0 Å². The number of aromatic hydroxyl groups is 1. The van der Waals surface area contributed by atoms with E-state index in [1.54, 1.807) is 20.8 Å². The zero-order valence-electron chi connectivity index (χ0n) is 12.9. The zero-order chi connectivity index (χ0) is 17.6. The summed E-state index contributed by atoms with van der Waals surface area (Å²) in [7, 11) is 0. The summed E-state index contributed by atoms with van der Waals surface area (Å²) in [6, 6.07) is 2.26. The summed E-state index contributed by atoms with van der Waals surface area (Å²) in [4.78, 5) is 32.2. The van der Waals surface area contributed by atoms with Gasteiger partial charge in [-0.05, 0) is 26.8 Å². The molecule has 0 bridgehead atoms. The fourth-order valence-corrected chi connectivity index (χ4v) is 1.52. The third kappa shape index (κ3) is 5.67. The number of phenolic OH excluding ortho intramolecular Hbond substituents is 1. The average Bonchev–Trinajstić information content (AvgIpc) is 2.42. The first-order valence-electron chi connectivity index (χ1n) is 6.56. The van der Waals surface area contributed by atoms with Crippen molar-refractivity contribution in [2.75, 3.05) is 6.54 Å². The number of hydrogen-bond acceptors (Lipinski definition) is 6. The lowest BCUT2D eigenvalue weighted by Gasteiger charge is -2.18. The number of amides is 1. The lowest BCUT2D eigenvalue weighted by molar-refractivity contribution is -0.385. The monoisotopic (exact) mass is 320 g/mol. The Morgan fingerprint density at radius 3 is 2.65 bits per heavy atom. The SMILES string of the molecule is CC(C)(C)OC(=O)NCC#Cc1cc(C=O)c(O)c([N+](=O)[O-])c1. The van der Waals surface area contributed by atoms with Crippen molar-refractivity contribution in [3.63, 3.8) is 0 Å². The minimum absolute atomic E-state index is 0.0417. The molecule has 8 nitrogen and oxygen atoms in total. The number of hydrogen-bond donors (Lipinski definition) is 2. The van der Waals surface area contributed by atoms with Crippen LogP contribution in [0.25, 0.3) is 0 Å². The number of aldehydes is 1. The van der Waals surface area contributed by atoms with E-state index in [-0.39, 0.29) is 17.7 Å². The summed E-state index contributed by atoms with van der Waals surface area (Å²) in [6.07, 6.45) is -0.344. The lowest BCUT2D eigenvalue weighted by Crippen LogP contribution is -2.32. The number of carbonyl (C=O) groups excluding carboxylic acids is 2. The molecular weight excluding hydrogens is 304 g/mol. The molecule has 0 unspecified atom stereocenters. The van der Waals surface area contributed by atoms with E-state index in [0.29, 0.717) is 6.29 Å². The van der Waals surface area contributed by atoms with Crippen LogP contribution in [0.1, 0.15) is 36.7 Å². The highest BCUT2D eigenvalue weighted by atomic mass is 16.6. The Hall–Kier alpha value is -3.08. The van der Waals surface area contributed by atoms with E-state index in [1.807, 2.05) is 0 Å². The summed E-state index contributed by atoms with van der Waals surface area (Å²) in [5, 5.41) is 22.7. The van der Waals surface area contributed by atoms with Gasteiger partial charge in [0.15, 0.2) is 6.29 Å². The number of nitro benzene ring substituents is 1. The van der Waals surface area contributed by atoms with Gasteiger partial charge in [0.2, 0.25) is 5.75 Å². The molecule has 8 heteroatoms. The maximum Gasteiger partial charge on any atom is 0.408 e. The second kappa shape index (κ2) is 7.26. The molecule has 0 heterocycles. The quantitative estimate of drug-likeness (QED) is 0.380. The lowest BCUT2D eigenvalue weighted by atomic mass is 10.1. The van der Waals surface area contributed by atoms with Crippen molar-refractivity contribution in [1.29, 1.82) is 0 Å². The predicted octanol–water partition coefficient (Wildman–Crippen LogP) is 1.99. The molecule has 1 rings (SSSR count). The van der Waals surface area contributed by atoms with Crippen molar-refractivity contribution in [1.82, 2.24) is 5.32 Å². The van der Waals surface area contributed by atoms with E-state index >= 15 is 0 Å². The summed E-state index contributed by atoms with van der Waals surface area (Å²) < 4.78 is 5.01. The Kier molecular flexibility index (Phi) is 5.68. The summed E-state index contributed by atoms with van der Waals surface area (Å²) >= 11 is 0. The van der Waals surface area contributed by atoms with Crippen LogP contribution in [0.5, 0.6) is 5.75 Å². The summed E-state index contributed by atoms with van der Waals surface area (Å²) in [5.41, 5.74) is -1.31. The molecule has 0 aromatic heterocycles. The maximum atomic E-state index is 11.4. The van der Waals surface area contributed by atoms with Crippen LogP contribution in [0.4, 0.5) is 10.5 Å². The smallest absolute Gasteiger partial charge is 0.408 e. The van der Waals surface area contributed by atoms with E-state index in [1.165, 1.54) is 6.07 Å². The topological polar surface area (TPSA) is 119 Å². The summed E-state index contributed by atoms with van der Waals surface area (Å²) in [5.74, 6) is 4.43. The molecule has 0 aliphatic carbocycles. The highest BCUT2D eigenvalue weighted by molar-refractivity contribution is 5.83. The Morgan fingerprint density at radius 2 is 2.13 bits per heavy atom. The van der Waals surface area contributed by atoms with E-state index in [0.717, 1.165) is 6.07 Å². The molecule has 0 saturated carbocycles. The van der Waals surface area contributed by atoms with Crippen LogP contribution in [-0.2, 0) is 4.74 Å². The van der Waals surface area contributed by atoms with E-state index < -0.39 is 28.1 Å². The molecule has 0 saturated heterocycles. The van der Waals surface area contributed by atoms with Crippen molar-refractivity contribution in [3.8, 4) is 17.6 Å². The van der Waals surface area contributed by atoms with Crippen molar-refractivity contribution in [2.45, 2.75) is 26.4 Å². The van der Waals surface area contributed by atoms with Crippen LogP contribution in [0.2, 0.25) is 0 Å². The fourth-order valence-electron chi connectivity index (χ4n) is 1.52. The maximum absolute atomic E-state index is 11.4. The molecule has 1 aromatic rings. The molecule has 122 valence electrons. The second-order valence-electron chi connectivity index (χ2n) is 5.47. The van der Waals surface area contributed by atoms with Gasteiger partial charge in [0.25, 0.3) is 0 Å². The van der Waals surface area contributed by atoms with Crippen LogP contribution < -0.4 is 5.32 Å². The molecule has 0 atom stereocenters. The fraction of sp³-hybridized carbons (Fsp3) is 0.333. The van der Waals surface area contributed by atoms with Gasteiger partial charge < -0.3 is 15.2 Å². The van der Waals surface area contributed by atoms with Crippen LogP contribution in [0.15, 0.2) is 12.1 Å². The largest absolute Gasteiger partial charge is 0.502 e. The van der Waals surface area contributed by atoms with Crippen LogP contribution in [-0.4, -0.2) is 34.6 Å². The molecule has 23 heavy (non-hydrogen) atoms. The molecule has 2 N–H and O–H groups in total. The van der Waals surface area contributed by atoms with Crippen molar-refractivity contribution in [3.05, 3.63) is 33.4 Å². The van der Waals surface area contributed by atoms with Gasteiger partial charge in [-0.3, -0.25) is 14.9 Å². The predicted molar refractivity (Wildman–Crippen MR) is 81.3 cm³/mol. The Labute approximate surface area is 132 Å². The molecule has 1 amide bonds. The van der Waals surface area contributed by atoms with E-state index in [2.05, 4.69) is 17.2 Å². The van der Waals surface area contributed by atoms with Crippen LogP contribution >= 0.6 is 0 Å². The molecular formula is C15H16N2O6. The van der Waals surface area contributed by atoms with Crippen molar-refractivity contribution < 1.29 is 24.4 Å². The van der Waals surface area contributed by atoms with Gasteiger partial charge in [-0.25, -0.2) is 4.79 Å². The van der Waals surface area contributed by atoms with Gasteiger partial charge >= 0.3 is 11.8 Å². The van der Waals surface area contributed by atoms with Gasteiger partial charge in [0.05, 0.1) is 17.0 Å². The molecule has 0 aliphatic rings. The van der Waals surface area contributed by atoms with E-state index in [4.69, 9.17) is 4.74 Å². The van der Waals surface area contributed by atoms with Gasteiger partial charge in [-0.15, -0.1) is 0 Å².